The van der Waals surface area contributed by atoms with Gasteiger partial charge in [-0.15, -0.1) is 0 Å². The molecule has 4 nitrogen and oxygen atoms in total. The van der Waals surface area contributed by atoms with E-state index in [2.05, 4.69) is 39.1 Å². The molecule has 154 valence electrons. The number of hydrogen-bond acceptors (Lipinski definition) is 2. The van der Waals surface area contributed by atoms with Gasteiger partial charge in [0.2, 0.25) is 0 Å². The molecule has 0 aromatic heterocycles. The van der Waals surface area contributed by atoms with Gasteiger partial charge >= 0.3 is 0 Å². The summed E-state index contributed by atoms with van der Waals surface area (Å²) in [6, 6.07) is 0. The number of amides is 2. The molecule has 0 spiro atoms. The van der Waals surface area contributed by atoms with Crippen LogP contribution in [0.3, 0.4) is 0 Å². The highest BCUT2D eigenvalue weighted by Crippen LogP contribution is 2.10. The second kappa shape index (κ2) is 18.0. The van der Waals surface area contributed by atoms with Gasteiger partial charge in [-0.3, -0.25) is 9.59 Å². The fraction of sp³-hybridized carbons (Fsp3) is 0.900. The molecule has 2 amide bonds. The highest BCUT2D eigenvalue weighted by atomic mass is 32.1. The molecule has 0 atom stereocenters. The summed E-state index contributed by atoms with van der Waals surface area (Å²) < 4.78 is 0. The number of rotatable bonds is 17. The van der Waals surface area contributed by atoms with E-state index in [0.29, 0.717) is 0 Å². The van der Waals surface area contributed by atoms with Crippen molar-refractivity contribution in [2.24, 2.45) is 0 Å². The Balaban J connectivity index is 3.82. The van der Waals surface area contributed by atoms with Crippen molar-refractivity contribution in [3.63, 3.8) is 0 Å². The molecule has 6 heteroatoms. The van der Waals surface area contributed by atoms with Crippen molar-refractivity contribution in [3.8, 4) is 0 Å². The number of carbonyl (C=O) groups is 2. The highest BCUT2D eigenvalue weighted by molar-refractivity contribution is 7.96. The van der Waals surface area contributed by atoms with Gasteiger partial charge in [0, 0.05) is 26.2 Å². The molecule has 0 N–H and O–H groups in total. The molecule has 0 unspecified atom stereocenters. The van der Waals surface area contributed by atoms with E-state index in [0.717, 1.165) is 64.7 Å². The molecule has 26 heavy (non-hydrogen) atoms. The summed E-state index contributed by atoms with van der Waals surface area (Å²) >= 11 is 7.99. The lowest BCUT2D eigenvalue weighted by atomic mass is 10.1. The van der Waals surface area contributed by atoms with Gasteiger partial charge in [0.25, 0.3) is 10.5 Å². The van der Waals surface area contributed by atoms with E-state index in [-0.39, 0.29) is 10.5 Å². The second-order valence-corrected chi connectivity index (χ2v) is 7.84. The topological polar surface area (TPSA) is 40.6 Å². The van der Waals surface area contributed by atoms with Crippen LogP contribution in [0.2, 0.25) is 0 Å². The lowest BCUT2D eigenvalue weighted by Gasteiger charge is -2.21. The zero-order valence-corrected chi connectivity index (χ0v) is 18.7. The average molecular weight is 405 g/mol. The molecule has 0 bridgehead atoms. The fourth-order valence-corrected chi connectivity index (χ4v) is 3.42. The summed E-state index contributed by atoms with van der Waals surface area (Å²) in [6.45, 7) is 7.61. The lowest BCUT2D eigenvalue weighted by molar-refractivity contribution is 0.217. The monoisotopic (exact) mass is 404 g/mol. The van der Waals surface area contributed by atoms with Crippen molar-refractivity contribution in [2.45, 2.75) is 90.9 Å². The van der Waals surface area contributed by atoms with Crippen LogP contribution in [0.5, 0.6) is 0 Å². The molecule has 0 heterocycles. The first-order valence-corrected chi connectivity index (χ1v) is 11.4. The zero-order valence-electron chi connectivity index (χ0n) is 16.9. The number of nitrogens with zero attached hydrogens (tertiary/aromatic N) is 2. The summed E-state index contributed by atoms with van der Waals surface area (Å²) in [4.78, 5) is 26.9. The summed E-state index contributed by atoms with van der Waals surface area (Å²) in [7, 11) is 0. The van der Waals surface area contributed by atoms with E-state index in [9.17, 15) is 9.59 Å². The maximum absolute atomic E-state index is 11.6. The predicted octanol–water partition coefficient (Wildman–Crippen LogP) is 6.41. The van der Waals surface area contributed by atoms with Crippen LogP contribution in [0.25, 0.3) is 0 Å². The van der Waals surface area contributed by atoms with Crippen molar-refractivity contribution in [3.05, 3.63) is 0 Å². The van der Waals surface area contributed by atoms with Crippen LogP contribution in [0.4, 0.5) is 9.59 Å². The van der Waals surface area contributed by atoms with Gasteiger partial charge in [0.1, 0.15) is 0 Å². The van der Waals surface area contributed by atoms with Crippen LogP contribution in [0.1, 0.15) is 90.9 Å². The summed E-state index contributed by atoms with van der Waals surface area (Å²) in [5.74, 6) is 0. The highest BCUT2D eigenvalue weighted by Gasteiger charge is 2.10. The Morgan fingerprint density at radius 2 is 0.808 bits per heavy atom. The molecule has 0 aliphatic carbocycles. The van der Waals surface area contributed by atoms with Gasteiger partial charge in [-0.1, -0.05) is 90.5 Å². The molecule has 0 radical (unpaired) electrons. The van der Waals surface area contributed by atoms with Gasteiger partial charge < -0.3 is 9.80 Å². The Morgan fingerprint density at radius 1 is 0.538 bits per heavy atom. The molecule has 0 aromatic rings. The van der Waals surface area contributed by atoms with Gasteiger partial charge in [-0.2, -0.15) is 0 Å². The van der Waals surface area contributed by atoms with Crippen molar-refractivity contribution < 1.29 is 9.59 Å². The van der Waals surface area contributed by atoms with Gasteiger partial charge in [0.15, 0.2) is 0 Å². The van der Waals surface area contributed by atoms with Crippen molar-refractivity contribution in [1.82, 2.24) is 9.80 Å². The number of carbonyl (C=O) groups excluding carboxylic acids is 2. The maximum Gasteiger partial charge on any atom is 0.278 e. The van der Waals surface area contributed by atoms with E-state index < -0.39 is 0 Å². The van der Waals surface area contributed by atoms with E-state index in [4.69, 9.17) is 0 Å². The zero-order chi connectivity index (χ0) is 19.6. The summed E-state index contributed by atoms with van der Waals surface area (Å²) in [6.07, 6.45) is 13.5. The minimum atomic E-state index is -0.111. The minimum absolute atomic E-state index is 0.111. The third kappa shape index (κ3) is 14.8. The first kappa shape index (κ1) is 25.6. The van der Waals surface area contributed by atoms with Crippen LogP contribution in [0.15, 0.2) is 0 Å². The molecule has 0 aliphatic heterocycles. The largest absolute Gasteiger partial charge is 0.334 e. The fourth-order valence-electron chi connectivity index (χ4n) is 3.02. The van der Waals surface area contributed by atoms with Crippen LogP contribution >= 0.6 is 25.3 Å². The standard InChI is InChI=1S/C20H40N2O2S2/c1-3-5-7-11-15-21(19(23)25)17-13-9-10-14-18-22(20(24)26)16-12-8-6-4-2/h3-18H2,1-2H3,(H,23,25)(H,24,26). The molecule has 0 rings (SSSR count). The van der Waals surface area contributed by atoms with Gasteiger partial charge in [-0.05, 0) is 25.7 Å². The Morgan fingerprint density at radius 3 is 1.04 bits per heavy atom. The number of hydrogen-bond donors (Lipinski definition) is 2. The van der Waals surface area contributed by atoms with E-state index in [1.54, 1.807) is 0 Å². The van der Waals surface area contributed by atoms with E-state index in [1.807, 2.05) is 9.80 Å². The Kier molecular flexibility index (Phi) is 17.8. The molecule has 0 fully saturated rings. The normalized spacial score (nSPS) is 10.8. The minimum Gasteiger partial charge on any atom is -0.334 e. The summed E-state index contributed by atoms with van der Waals surface area (Å²) in [5, 5.41) is -0.221. The lowest BCUT2D eigenvalue weighted by Crippen LogP contribution is -2.29. The predicted molar refractivity (Wildman–Crippen MR) is 119 cm³/mol. The van der Waals surface area contributed by atoms with Crippen LogP contribution in [-0.2, 0) is 0 Å². The van der Waals surface area contributed by atoms with Gasteiger partial charge in [0.05, 0.1) is 0 Å². The summed E-state index contributed by atoms with van der Waals surface area (Å²) in [5.41, 5.74) is 0. The third-order valence-corrected chi connectivity index (χ3v) is 5.28. The molecular formula is C20H40N2O2S2. The average Bonchev–Trinajstić information content (AvgIpc) is 2.60. The SMILES string of the molecule is CCCCCCN(CCCCCCN(CCCCCC)C(=O)S)C(=O)S. The quantitative estimate of drug-likeness (QED) is 0.217. The number of thiol groups is 2. The van der Waals surface area contributed by atoms with Gasteiger partial charge in [-0.25, -0.2) is 0 Å². The van der Waals surface area contributed by atoms with Crippen molar-refractivity contribution in [2.75, 3.05) is 26.2 Å². The molecule has 0 aromatic carbocycles. The van der Waals surface area contributed by atoms with Crippen molar-refractivity contribution >= 4 is 35.7 Å². The molecular weight excluding hydrogens is 364 g/mol. The smallest absolute Gasteiger partial charge is 0.278 e. The molecule has 0 saturated carbocycles. The first-order valence-electron chi connectivity index (χ1n) is 10.5. The van der Waals surface area contributed by atoms with E-state index >= 15 is 0 Å². The second-order valence-electron chi connectivity index (χ2n) is 7.07. The van der Waals surface area contributed by atoms with E-state index in [1.165, 1.54) is 38.5 Å². The Labute approximate surface area is 172 Å². The first-order chi connectivity index (χ1) is 12.5. The number of unbranched alkanes of at least 4 members (excludes halogenated alkanes) is 9. The Bertz CT molecular complexity index is 334. The van der Waals surface area contributed by atoms with Crippen LogP contribution in [-0.4, -0.2) is 46.5 Å². The van der Waals surface area contributed by atoms with Crippen molar-refractivity contribution in [1.29, 1.82) is 0 Å². The van der Waals surface area contributed by atoms with Crippen LogP contribution in [0, 0.1) is 0 Å². The molecule has 0 aliphatic rings. The maximum atomic E-state index is 11.6. The molecule has 0 saturated heterocycles. The van der Waals surface area contributed by atoms with Crippen LogP contribution < -0.4 is 0 Å². The third-order valence-electron chi connectivity index (χ3n) is 4.71. The Hall–Kier alpha value is -0.360.